The molecule has 31 heavy (non-hydrogen) atoms. The van der Waals surface area contributed by atoms with Gasteiger partial charge >= 0.3 is 0 Å². The SMILES string of the molecule is C[C@@H]1C[C@@H](C)CN(C(=O)Cn2c(SCC(=O)Nc3ccccc3)nc3ccccc32)C1. The number of aromatic nitrogens is 2. The molecule has 162 valence electrons. The summed E-state index contributed by atoms with van der Waals surface area (Å²) in [7, 11) is 0. The molecule has 2 amide bonds. The van der Waals surface area contributed by atoms with E-state index >= 15 is 0 Å². The maximum absolute atomic E-state index is 13.1. The standard InChI is InChI=1S/C24H28N4O2S/c1-17-12-18(2)14-27(13-17)23(30)15-28-21-11-7-6-10-20(21)26-24(28)31-16-22(29)25-19-8-4-3-5-9-19/h3-11,17-18H,12-16H2,1-2H3,(H,25,29)/t17-,18-/m1/s1. The highest BCUT2D eigenvalue weighted by Crippen LogP contribution is 2.26. The molecule has 4 rings (SSSR count). The molecule has 2 heterocycles. The van der Waals surface area contributed by atoms with Crippen molar-refractivity contribution in [3.05, 3.63) is 54.6 Å². The minimum absolute atomic E-state index is 0.0974. The van der Waals surface area contributed by atoms with Gasteiger partial charge in [-0.2, -0.15) is 0 Å². The van der Waals surface area contributed by atoms with Gasteiger partial charge in [-0.25, -0.2) is 4.98 Å². The second kappa shape index (κ2) is 9.56. The van der Waals surface area contributed by atoms with Crippen LogP contribution in [0.5, 0.6) is 0 Å². The Morgan fingerprint density at radius 3 is 2.45 bits per heavy atom. The summed E-state index contributed by atoms with van der Waals surface area (Å²) in [6, 6.07) is 17.2. The number of imidazole rings is 1. The Hall–Kier alpha value is -2.80. The molecule has 0 spiro atoms. The van der Waals surface area contributed by atoms with Crippen LogP contribution in [-0.2, 0) is 16.1 Å². The molecule has 7 heteroatoms. The summed E-state index contributed by atoms with van der Waals surface area (Å²) in [5, 5.41) is 3.59. The number of thioether (sulfide) groups is 1. The number of nitrogens with one attached hydrogen (secondary N) is 1. The molecule has 1 aliphatic heterocycles. The maximum Gasteiger partial charge on any atom is 0.242 e. The van der Waals surface area contributed by atoms with Crippen molar-refractivity contribution < 1.29 is 9.59 Å². The zero-order valence-corrected chi connectivity index (χ0v) is 18.8. The normalized spacial score (nSPS) is 18.8. The van der Waals surface area contributed by atoms with E-state index in [1.54, 1.807) is 0 Å². The lowest BCUT2D eigenvalue weighted by Gasteiger charge is -2.35. The predicted octanol–water partition coefficient (Wildman–Crippen LogP) is 4.27. The third-order valence-electron chi connectivity index (χ3n) is 5.52. The molecule has 0 radical (unpaired) electrons. The zero-order chi connectivity index (χ0) is 21.8. The highest BCUT2D eigenvalue weighted by molar-refractivity contribution is 7.99. The van der Waals surface area contributed by atoms with Crippen molar-refractivity contribution >= 4 is 40.3 Å². The first-order chi connectivity index (χ1) is 15.0. The Labute approximate surface area is 187 Å². The molecule has 2 aromatic carbocycles. The first-order valence-corrected chi connectivity index (χ1v) is 11.7. The number of anilines is 1. The Kier molecular flexibility index (Phi) is 6.61. The summed E-state index contributed by atoms with van der Waals surface area (Å²) in [5.74, 6) is 1.27. The molecule has 0 unspecified atom stereocenters. The van der Waals surface area contributed by atoms with Crippen molar-refractivity contribution in [1.82, 2.24) is 14.5 Å². The van der Waals surface area contributed by atoms with Crippen LogP contribution in [0.4, 0.5) is 5.69 Å². The molecule has 1 saturated heterocycles. The van der Waals surface area contributed by atoms with Crippen LogP contribution < -0.4 is 5.32 Å². The van der Waals surface area contributed by atoms with E-state index in [1.165, 1.54) is 11.8 Å². The molecule has 1 fully saturated rings. The molecule has 0 aliphatic carbocycles. The third-order valence-corrected chi connectivity index (χ3v) is 6.50. The van der Waals surface area contributed by atoms with Gasteiger partial charge in [-0.05, 0) is 42.5 Å². The molecule has 3 aromatic rings. The molecule has 0 saturated carbocycles. The van der Waals surface area contributed by atoms with Crippen LogP contribution >= 0.6 is 11.8 Å². The number of amides is 2. The molecule has 1 aliphatic rings. The van der Waals surface area contributed by atoms with Gasteiger partial charge in [0, 0.05) is 18.8 Å². The van der Waals surface area contributed by atoms with Gasteiger partial charge in [-0.1, -0.05) is 55.9 Å². The van der Waals surface area contributed by atoms with E-state index < -0.39 is 0 Å². The number of nitrogens with zero attached hydrogens (tertiary/aromatic N) is 3. The van der Waals surface area contributed by atoms with E-state index in [0.717, 1.165) is 36.2 Å². The van der Waals surface area contributed by atoms with Gasteiger partial charge in [-0.15, -0.1) is 0 Å². The van der Waals surface area contributed by atoms with Crippen LogP contribution in [0.25, 0.3) is 11.0 Å². The van der Waals surface area contributed by atoms with Crippen LogP contribution in [0.2, 0.25) is 0 Å². The number of hydrogen-bond acceptors (Lipinski definition) is 4. The Bertz CT molecular complexity index is 1060. The first kappa shape index (κ1) is 21.4. The fourth-order valence-corrected chi connectivity index (χ4v) is 5.08. The van der Waals surface area contributed by atoms with Crippen LogP contribution in [-0.4, -0.2) is 45.1 Å². The average molecular weight is 437 g/mol. The summed E-state index contributed by atoms with van der Waals surface area (Å²) in [4.78, 5) is 32.2. The van der Waals surface area contributed by atoms with Crippen LogP contribution in [0.15, 0.2) is 59.8 Å². The maximum atomic E-state index is 13.1. The quantitative estimate of drug-likeness (QED) is 0.586. The number of piperidine rings is 1. The lowest BCUT2D eigenvalue weighted by atomic mass is 9.92. The minimum Gasteiger partial charge on any atom is -0.341 e. The number of para-hydroxylation sites is 3. The number of hydrogen-bond donors (Lipinski definition) is 1. The molecular weight excluding hydrogens is 408 g/mol. The van der Waals surface area contributed by atoms with E-state index in [-0.39, 0.29) is 24.1 Å². The predicted molar refractivity (Wildman–Crippen MR) is 125 cm³/mol. The van der Waals surface area contributed by atoms with E-state index in [1.807, 2.05) is 64.1 Å². The summed E-state index contributed by atoms with van der Waals surface area (Å²) in [5.41, 5.74) is 2.52. The smallest absolute Gasteiger partial charge is 0.242 e. The average Bonchev–Trinajstić information content (AvgIpc) is 3.10. The highest BCUT2D eigenvalue weighted by Gasteiger charge is 2.26. The molecule has 6 nitrogen and oxygen atoms in total. The fourth-order valence-electron chi connectivity index (χ4n) is 4.27. The lowest BCUT2D eigenvalue weighted by Crippen LogP contribution is -2.44. The zero-order valence-electron chi connectivity index (χ0n) is 18.0. The van der Waals surface area contributed by atoms with Crippen molar-refractivity contribution in [2.75, 3.05) is 24.2 Å². The van der Waals surface area contributed by atoms with Crippen molar-refractivity contribution in [2.24, 2.45) is 11.8 Å². The number of carbonyl (C=O) groups excluding carboxylic acids is 2. The number of carbonyl (C=O) groups is 2. The van der Waals surface area contributed by atoms with Crippen LogP contribution in [0, 0.1) is 11.8 Å². The Morgan fingerprint density at radius 2 is 1.71 bits per heavy atom. The van der Waals surface area contributed by atoms with Gasteiger partial charge in [0.15, 0.2) is 5.16 Å². The van der Waals surface area contributed by atoms with Gasteiger partial charge in [-0.3, -0.25) is 9.59 Å². The number of fused-ring (bicyclic) bond motifs is 1. The number of benzene rings is 2. The second-order valence-electron chi connectivity index (χ2n) is 8.42. The molecule has 2 atom stereocenters. The van der Waals surface area contributed by atoms with Gasteiger partial charge in [0.1, 0.15) is 6.54 Å². The molecule has 1 N–H and O–H groups in total. The monoisotopic (exact) mass is 436 g/mol. The summed E-state index contributed by atoms with van der Waals surface area (Å²) >= 11 is 1.36. The summed E-state index contributed by atoms with van der Waals surface area (Å²) in [6.07, 6.45) is 1.16. The van der Waals surface area contributed by atoms with Crippen molar-refractivity contribution in [2.45, 2.75) is 32.0 Å². The van der Waals surface area contributed by atoms with Crippen LogP contribution in [0.3, 0.4) is 0 Å². The van der Waals surface area contributed by atoms with Crippen molar-refractivity contribution in [3.8, 4) is 0 Å². The fraction of sp³-hybridized carbons (Fsp3) is 0.375. The first-order valence-electron chi connectivity index (χ1n) is 10.7. The van der Waals surface area contributed by atoms with E-state index in [2.05, 4.69) is 19.2 Å². The van der Waals surface area contributed by atoms with Crippen molar-refractivity contribution in [3.63, 3.8) is 0 Å². The summed E-state index contributed by atoms with van der Waals surface area (Å²) in [6.45, 7) is 6.25. The second-order valence-corrected chi connectivity index (χ2v) is 9.36. The largest absolute Gasteiger partial charge is 0.341 e. The Balaban J connectivity index is 1.49. The van der Waals surface area contributed by atoms with Crippen molar-refractivity contribution in [1.29, 1.82) is 0 Å². The van der Waals surface area contributed by atoms with E-state index in [0.29, 0.717) is 17.0 Å². The summed E-state index contributed by atoms with van der Waals surface area (Å²) < 4.78 is 1.95. The highest BCUT2D eigenvalue weighted by atomic mass is 32.2. The Morgan fingerprint density at radius 1 is 1.03 bits per heavy atom. The van der Waals surface area contributed by atoms with E-state index in [9.17, 15) is 9.59 Å². The topological polar surface area (TPSA) is 67.2 Å². The van der Waals surface area contributed by atoms with E-state index in [4.69, 9.17) is 4.98 Å². The van der Waals surface area contributed by atoms with Gasteiger partial charge < -0.3 is 14.8 Å². The minimum atomic E-state index is -0.0974. The third kappa shape index (κ3) is 5.28. The van der Waals surface area contributed by atoms with Crippen LogP contribution in [0.1, 0.15) is 20.3 Å². The lowest BCUT2D eigenvalue weighted by molar-refractivity contribution is -0.134. The van der Waals surface area contributed by atoms with Gasteiger partial charge in [0.2, 0.25) is 11.8 Å². The molecule has 1 aromatic heterocycles. The number of rotatable bonds is 6. The molecule has 0 bridgehead atoms. The van der Waals surface area contributed by atoms with Gasteiger partial charge in [0.05, 0.1) is 16.8 Å². The number of likely N-dealkylation sites (tertiary alicyclic amines) is 1. The van der Waals surface area contributed by atoms with Gasteiger partial charge in [0.25, 0.3) is 0 Å². The molecular formula is C24H28N4O2S.